The van der Waals surface area contributed by atoms with Crippen LogP contribution in [0.5, 0.6) is 0 Å². The molecule has 10 rings (SSSR count). The van der Waals surface area contributed by atoms with Gasteiger partial charge in [-0.15, -0.1) is 0 Å². The molecule has 4 atom stereocenters. The summed E-state index contributed by atoms with van der Waals surface area (Å²) < 4.78 is 98.9. The molecule has 1 unspecified atom stereocenters. The summed E-state index contributed by atoms with van der Waals surface area (Å²) in [7, 11) is 1.63. The van der Waals surface area contributed by atoms with Crippen LogP contribution in [-0.4, -0.2) is 285 Å². The van der Waals surface area contributed by atoms with E-state index in [0.717, 1.165) is 22.3 Å². The average Bonchev–Trinajstić information content (AvgIpc) is 1.53. The van der Waals surface area contributed by atoms with Crippen LogP contribution in [0.3, 0.4) is 0 Å². The number of pyridine rings is 2. The number of fused-ring (bicyclic) bond motifs is 8. The van der Waals surface area contributed by atoms with Crippen molar-refractivity contribution in [3.05, 3.63) is 157 Å². The molecule has 4 aliphatic rings. The van der Waals surface area contributed by atoms with Gasteiger partial charge in [-0.3, -0.25) is 38.4 Å². The topological polar surface area (TPSA) is 443 Å². The van der Waals surface area contributed by atoms with Crippen molar-refractivity contribution in [1.29, 1.82) is 0 Å². The first-order chi connectivity index (χ1) is 61.4. The molecule has 6 aromatic rings. The number of hydrogen-bond donors (Lipinski definition) is 9. The van der Waals surface area contributed by atoms with Crippen LogP contribution in [0.25, 0.3) is 33.4 Å². The predicted molar refractivity (Wildman–Crippen MR) is 453 cm³/mol. The number of rotatable bonds is 61. The van der Waals surface area contributed by atoms with Gasteiger partial charge in [-0.05, 0) is 83.5 Å². The van der Waals surface area contributed by atoms with Crippen LogP contribution >= 0.6 is 11.6 Å². The second kappa shape index (κ2) is 52.9. The third-order valence-corrected chi connectivity index (χ3v) is 21.4. The minimum atomic E-state index is -2.10. The number of carbonyl (C=O) groups excluding carboxylic acids is 9. The number of halogens is 2. The van der Waals surface area contributed by atoms with Crippen molar-refractivity contribution < 1.29 is 124 Å². The largest absolute Gasteiger partial charge is 0.458 e. The molecular formula is C88H114ClFN10O26. The molecule has 8 amide bonds. The summed E-state index contributed by atoms with van der Waals surface area (Å²) in [6.45, 7) is 7.79. The summed E-state index contributed by atoms with van der Waals surface area (Å²) in [6.07, 6.45) is 0.471. The number of nitrogens with zero attached hydrogens (tertiary/aromatic N) is 2. The Morgan fingerprint density at radius 2 is 1.10 bits per heavy atom. The van der Waals surface area contributed by atoms with Gasteiger partial charge >= 0.3 is 12.1 Å². The molecule has 9 N–H and O–H groups in total. The molecule has 0 saturated heterocycles. The molecular weight excluding hydrogens is 1670 g/mol. The maximum atomic E-state index is 15.4. The summed E-state index contributed by atoms with van der Waals surface area (Å²) >= 11 is 6.54. The lowest BCUT2D eigenvalue weighted by atomic mass is 9.83. The number of carbonyl (C=O) groups is 9. The van der Waals surface area contributed by atoms with Gasteiger partial charge < -0.3 is 123 Å². The van der Waals surface area contributed by atoms with Gasteiger partial charge in [0.2, 0.25) is 41.4 Å². The monoisotopic (exact) mass is 1780 g/mol. The number of methoxy groups -OCH3 is 1. The Kier molecular flexibility index (Phi) is 41.2. The summed E-state index contributed by atoms with van der Waals surface area (Å²) in [5, 5.41) is 32.8. The quantitative estimate of drug-likeness (QED) is 0.0149. The molecule has 686 valence electrons. The maximum absolute atomic E-state index is 15.4. The Morgan fingerprint density at radius 1 is 0.579 bits per heavy atom. The number of alkyl carbamates (subject to hydrolysis) is 1. The van der Waals surface area contributed by atoms with E-state index in [1.165, 1.54) is 16.7 Å². The van der Waals surface area contributed by atoms with E-state index < -0.39 is 121 Å². The van der Waals surface area contributed by atoms with Gasteiger partial charge in [0.15, 0.2) is 5.60 Å². The molecule has 2 aliphatic heterocycles. The van der Waals surface area contributed by atoms with Gasteiger partial charge in [-0.2, -0.15) is 0 Å². The molecule has 126 heavy (non-hydrogen) atoms. The Bertz CT molecular complexity index is 4600. The normalized spacial score (nSPS) is 15.1. The van der Waals surface area contributed by atoms with Gasteiger partial charge in [0.1, 0.15) is 44.5 Å². The number of benzene rings is 4. The maximum Gasteiger partial charge on any atom is 0.407 e. The zero-order chi connectivity index (χ0) is 89.3. The fourth-order valence-electron chi connectivity index (χ4n) is 14.7. The second-order valence-electron chi connectivity index (χ2n) is 29.6. The van der Waals surface area contributed by atoms with Crippen molar-refractivity contribution in [3.8, 4) is 22.5 Å². The van der Waals surface area contributed by atoms with E-state index in [1.54, 1.807) is 44.4 Å². The summed E-state index contributed by atoms with van der Waals surface area (Å²) in [6, 6.07) is 24.2. The molecule has 2 aromatic heterocycles. The van der Waals surface area contributed by atoms with E-state index in [9.17, 15) is 53.1 Å². The van der Waals surface area contributed by atoms with Gasteiger partial charge in [0.25, 0.3) is 5.56 Å². The highest BCUT2D eigenvalue weighted by atomic mass is 35.5. The average molecular weight is 1780 g/mol. The van der Waals surface area contributed by atoms with Crippen LogP contribution in [0.1, 0.15) is 102 Å². The van der Waals surface area contributed by atoms with Crippen molar-refractivity contribution in [2.75, 3.05) is 205 Å². The Hall–Kier alpha value is -10.1. The highest BCUT2D eigenvalue weighted by Gasteiger charge is 2.46. The number of aromatic nitrogens is 2. The lowest BCUT2D eigenvalue weighted by Gasteiger charge is -2.31. The molecule has 36 nitrogen and oxygen atoms in total. The Morgan fingerprint density at radius 3 is 1.66 bits per heavy atom. The summed E-state index contributed by atoms with van der Waals surface area (Å²) in [4.78, 5) is 139. The van der Waals surface area contributed by atoms with Crippen LogP contribution in [0.15, 0.2) is 95.8 Å². The van der Waals surface area contributed by atoms with E-state index in [0.29, 0.717) is 178 Å². The fraction of sp³-hybridized carbons (Fsp3) is 0.534. The first-order valence-corrected chi connectivity index (χ1v) is 42.8. The SMILES string of the molecule is CC[C@@]1(O)C(=O)OCc2c1cc1n(c2=O)Cc2c-1nc1cc(F)c(Cl)c3c1c2C(NC(=O)COCNC(=O)CNC(=O)[C@H](Cc1ccccc1)NC(=O)CNC(=O)CNC(=O)[C@H](CCCCNC(=O)OCC1c2ccccc2-c2ccccc21)NC(=O)CCOCCOCCOCCOCCOCCOCCOCCOCCOCCOCCOCCOC)CC3. The molecule has 4 heterocycles. The van der Waals surface area contributed by atoms with Crippen LogP contribution in [-0.2, 0) is 141 Å². The summed E-state index contributed by atoms with van der Waals surface area (Å²) in [5.74, 6) is -6.66. The van der Waals surface area contributed by atoms with Gasteiger partial charge in [-0.1, -0.05) is 97.4 Å². The first kappa shape index (κ1) is 98.1. The smallest absolute Gasteiger partial charge is 0.407 e. The van der Waals surface area contributed by atoms with Crippen molar-refractivity contribution in [2.24, 2.45) is 0 Å². The highest BCUT2D eigenvalue weighted by molar-refractivity contribution is 6.32. The fourth-order valence-corrected chi connectivity index (χ4v) is 14.9. The molecule has 0 bridgehead atoms. The lowest BCUT2D eigenvalue weighted by molar-refractivity contribution is -0.172. The van der Waals surface area contributed by atoms with Crippen molar-refractivity contribution in [1.82, 2.24) is 52.1 Å². The molecule has 2 aliphatic carbocycles. The molecule has 0 spiro atoms. The van der Waals surface area contributed by atoms with Crippen molar-refractivity contribution >= 4 is 75.9 Å². The van der Waals surface area contributed by atoms with Crippen LogP contribution in [0.4, 0.5) is 9.18 Å². The number of unbranched alkanes of at least 4 members (excludes halogenated alkanes) is 1. The number of hydrogen-bond acceptors (Lipinski definition) is 27. The lowest BCUT2D eigenvalue weighted by Crippen LogP contribution is -2.53. The predicted octanol–water partition coefficient (Wildman–Crippen LogP) is 3.55. The molecule has 38 heteroatoms. The number of nitrogens with one attached hydrogen (secondary N) is 8. The van der Waals surface area contributed by atoms with Crippen LogP contribution in [0, 0.1) is 5.82 Å². The van der Waals surface area contributed by atoms with E-state index in [1.807, 2.05) is 48.5 Å². The zero-order valence-corrected chi connectivity index (χ0v) is 71.8. The van der Waals surface area contributed by atoms with Crippen LogP contribution < -0.4 is 48.1 Å². The third-order valence-electron chi connectivity index (χ3n) is 21.0. The highest BCUT2D eigenvalue weighted by Crippen LogP contribution is 2.48. The second-order valence-corrected chi connectivity index (χ2v) is 30.0. The van der Waals surface area contributed by atoms with Gasteiger partial charge in [0, 0.05) is 55.0 Å². The number of amides is 8. The Balaban J connectivity index is 0.596. The molecule has 4 aromatic carbocycles. The van der Waals surface area contributed by atoms with E-state index in [2.05, 4.69) is 42.5 Å². The number of cyclic esters (lactones) is 1. The zero-order valence-electron chi connectivity index (χ0n) is 71.1. The molecule has 0 radical (unpaired) electrons. The molecule has 0 saturated carbocycles. The number of aryl methyl sites for hydroxylation is 1. The minimum absolute atomic E-state index is 0.00505. The number of ether oxygens (including phenoxy) is 15. The van der Waals surface area contributed by atoms with Crippen molar-refractivity contribution in [2.45, 2.75) is 101 Å². The molecule has 0 fully saturated rings. The van der Waals surface area contributed by atoms with E-state index >= 15 is 4.39 Å². The third kappa shape index (κ3) is 29.8. The summed E-state index contributed by atoms with van der Waals surface area (Å²) in [5.41, 5.74) is 4.87. The van der Waals surface area contributed by atoms with Gasteiger partial charge in [-0.25, -0.2) is 19.0 Å². The Labute approximate surface area is 733 Å². The van der Waals surface area contributed by atoms with Gasteiger partial charge in [0.05, 0.1) is 212 Å². The van der Waals surface area contributed by atoms with Crippen LogP contribution in [0.2, 0.25) is 5.02 Å². The number of aliphatic hydroxyl groups is 1. The van der Waals surface area contributed by atoms with E-state index in [-0.39, 0.29) is 118 Å². The standard InChI is InChI=1S/C88H114ClFN10O26/c1-3-88(111)67-48-73-82-64(53-100(73)85(108)66(67)55-125-86(88)109)80-69(21-20-63-79(80)71(99-82)49-68(90)81(63)89)96-78(105)56-124-57-95-76(103)51-94-84(107)72(47-58-13-5-4-6-14-58)98-77(104)52-92-75(102)50-93-83(106)70(19-11-12-23-91-87(110)126-54-65-61-17-9-7-15-59(61)60-16-8-10-18-62(60)65)97-74(101)22-24-113-27-28-115-31-32-117-35-36-119-39-40-121-43-44-123-46-45-122-42-41-120-38-37-118-34-33-116-30-29-114-26-25-112-2/h4-10,13-18,48-49,65,69-70,72,111H,3,11-12,19-47,50-57H2,1-2H3,(H,91,110)(H,92,102)(H,93,106)(H,94,107)(H,95,103)(H,96,105)(H,97,101)(H,98,104)/t69?,70-,72-,88-/m0/s1. The van der Waals surface area contributed by atoms with Crippen molar-refractivity contribution in [3.63, 3.8) is 0 Å². The number of esters is 1. The minimum Gasteiger partial charge on any atom is -0.458 e. The first-order valence-electron chi connectivity index (χ1n) is 42.4. The van der Waals surface area contributed by atoms with E-state index in [4.69, 9.17) is 87.6 Å².